The van der Waals surface area contributed by atoms with Crippen LogP contribution in [-0.4, -0.2) is 37.0 Å². The van der Waals surface area contributed by atoms with E-state index >= 15 is 0 Å². The molecule has 1 aliphatic heterocycles. The smallest absolute Gasteiger partial charge is 0.160 e. The average molecular weight is 363 g/mol. The van der Waals surface area contributed by atoms with Crippen LogP contribution in [0.5, 0.6) is 0 Å². The molecule has 0 aromatic heterocycles. The SMILES string of the molecule is CCCCCCCOC1COC(C2CCC(Br)CC2)OC1. The highest BCUT2D eigenvalue weighted by Gasteiger charge is 2.32. The summed E-state index contributed by atoms with van der Waals surface area (Å²) in [6, 6.07) is 0. The molecule has 4 heteroatoms. The van der Waals surface area contributed by atoms with E-state index in [2.05, 4.69) is 22.9 Å². The molecule has 3 nitrogen and oxygen atoms in total. The zero-order valence-corrected chi connectivity index (χ0v) is 15.0. The number of alkyl halides is 1. The Hall–Kier alpha value is 0.360. The molecule has 1 heterocycles. The first-order valence-corrected chi connectivity index (χ1v) is 9.70. The van der Waals surface area contributed by atoms with E-state index in [0.717, 1.165) is 13.0 Å². The zero-order chi connectivity index (χ0) is 14.9. The summed E-state index contributed by atoms with van der Waals surface area (Å²) in [5.74, 6) is 0.578. The summed E-state index contributed by atoms with van der Waals surface area (Å²) in [6.07, 6.45) is 11.5. The Labute approximate surface area is 138 Å². The molecular weight excluding hydrogens is 332 g/mol. The molecule has 0 bridgehead atoms. The van der Waals surface area contributed by atoms with Gasteiger partial charge >= 0.3 is 0 Å². The van der Waals surface area contributed by atoms with Gasteiger partial charge in [0.15, 0.2) is 6.29 Å². The van der Waals surface area contributed by atoms with Crippen LogP contribution in [0.15, 0.2) is 0 Å². The average Bonchev–Trinajstić information content (AvgIpc) is 2.52. The van der Waals surface area contributed by atoms with E-state index in [4.69, 9.17) is 14.2 Å². The molecule has 21 heavy (non-hydrogen) atoms. The van der Waals surface area contributed by atoms with Crippen molar-refractivity contribution >= 4 is 15.9 Å². The Balaban J connectivity index is 1.52. The van der Waals surface area contributed by atoms with Crippen molar-refractivity contribution < 1.29 is 14.2 Å². The van der Waals surface area contributed by atoms with Gasteiger partial charge in [0, 0.05) is 17.4 Å². The molecular formula is C17H31BrO3. The minimum Gasteiger partial charge on any atom is -0.373 e. The molecule has 0 aromatic rings. The fourth-order valence-corrected chi connectivity index (χ4v) is 3.70. The summed E-state index contributed by atoms with van der Waals surface area (Å²) in [4.78, 5) is 0.695. The Kier molecular flexibility index (Phi) is 8.60. The van der Waals surface area contributed by atoms with Crippen LogP contribution >= 0.6 is 15.9 Å². The van der Waals surface area contributed by atoms with E-state index in [1.165, 1.54) is 51.4 Å². The maximum absolute atomic E-state index is 5.90. The van der Waals surface area contributed by atoms with Gasteiger partial charge in [-0.1, -0.05) is 48.5 Å². The number of hydrogen-bond acceptors (Lipinski definition) is 3. The largest absolute Gasteiger partial charge is 0.373 e. The Morgan fingerprint density at radius 2 is 1.62 bits per heavy atom. The first-order valence-electron chi connectivity index (χ1n) is 8.78. The van der Waals surface area contributed by atoms with E-state index in [9.17, 15) is 0 Å². The molecule has 0 atom stereocenters. The molecule has 124 valence electrons. The van der Waals surface area contributed by atoms with Crippen molar-refractivity contribution in [3.05, 3.63) is 0 Å². The van der Waals surface area contributed by atoms with Gasteiger partial charge in [-0.3, -0.25) is 0 Å². The second-order valence-electron chi connectivity index (χ2n) is 6.45. The fraction of sp³-hybridized carbons (Fsp3) is 1.00. The molecule has 0 amide bonds. The van der Waals surface area contributed by atoms with Crippen LogP contribution < -0.4 is 0 Å². The van der Waals surface area contributed by atoms with Crippen LogP contribution in [0.3, 0.4) is 0 Å². The molecule has 2 rings (SSSR count). The van der Waals surface area contributed by atoms with Crippen molar-refractivity contribution in [3.63, 3.8) is 0 Å². The molecule has 0 unspecified atom stereocenters. The third kappa shape index (κ3) is 6.55. The van der Waals surface area contributed by atoms with Crippen molar-refractivity contribution in [2.45, 2.75) is 81.9 Å². The van der Waals surface area contributed by atoms with E-state index < -0.39 is 0 Å². The quantitative estimate of drug-likeness (QED) is 0.463. The van der Waals surface area contributed by atoms with E-state index in [1.54, 1.807) is 0 Å². The molecule has 0 aromatic carbocycles. The molecule has 1 saturated carbocycles. The highest BCUT2D eigenvalue weighted by Crippen LogP contribution is 2.33. The standard InChI is InChI=1S/C17H31BrO3/c1-2-3-4-5-6-11-19-16-12-20-17(21-13-16)14-7-9-15(18)10-8-14/h14-17H,2-13H2,1H3. The lowest BCUT2D eigenvalue weighted by atomic mass is 9.88. The molecule has 0 radical (unpaired) electrons. The summed E-state index contributed by atoms with van der Waals surface area (Å²) in [7, 11) is 0. The summed E-state index contributed by atoms with van der Waals surface area (Å²) >= 11 is 3.70. The summed E-state index contributed by atoms with van der Waals surface area (Å²) in [5, 5.41) is 0. The van der Waals surface area contributed by atoms with Crippen LogP contribution in [0.2, 0.25) is 0 Å². The lowest BCUT2D eigenvalue weighted by molar-refractivity contribution is -0.248. The number of ether oxygens (including phenoxy) is 3. The second-order valence-corrected chi connectivity index (χ2v) is 7.75. The van der Waals surface area contributed by atoms with Gasteiger partial charge in [-0.05, 0) is 32.1 Å². The van der Waals surface area contributed by atoms with Crippen LogP contribution in [0.4, 0.5) is 0 Å². The second kappa shape index (κ2) is 10.2. The van der Waals surface area contributed by atoms with Gasteiger partial charge in [-0.2, -0.15) is 0 Å². The molecule has 1 aliphatic carbocycles. The van der Waals surface area contributed by atoms with Crippen molar-refractivity contribution in [2.24, 2.45) is 5.92 Å². The van der Waals surface area contributed by atoms with Gasteiger partial charge in [0.1, 0.15) is 6.10 Å². The van der Waals surface area contributed by atoms with Crippen molar-refractivity contribution in [2.75, 3.05) is 19.8 Å². The highest BCUT2D eigenvalue weighted by atomic mass is 79.9. The highest BCUT2D eigenvalue weighted by molar-refractivity contribution is 9.09. The molecule has 2 aliphatic rings. The monoisotopic (exact) mass is 362 g/mol. The first kappa shape index (κ1) is 17.7. The fourth-order valence-electron chi connectivity index (χ4n) is 3.18. The molecule has 0 spiro atoms. The third-order valence-corrected chi connectivity index (χ3v) is 5.50. The van der Waals surface area contributed by atoms with Gasteiger partial charge in [-0.15, -0.1) is 0 Å². The summed E-state index contributed by atoms with van der Waals surface area (Å²) < 4.78 is 17.7. The van der Waals surface area contributed by atoms with Crippen LogP contribution in [0, 0.1) is 5.92 Å². The predicted octanol–water partition coefficient (Wildman–Crippen LogP) is 4.67. The van der Waals surface area contributed by atoms with E-state index in [-0.39, 0.29) is 12.4 Å². The Morgan fingerprint density at radius 1 is 0.952 bits per heavy atom. The number of hydrogen-bond donors (Lipinski definition) is 0. The van der Waals surface area contributed by atoms with Gasteiger partial charge in [0.05, 0.1) is 13.2 Å². The van der Waals surface area contributed by atoms with Crippen molar-refractivity contribution in [1.29, 1.82) is 0 Å². The van der Waals surface area contributed by atoms with Crippen LogP contribution in [0.1, 0.15) is 64.7 Å². The normalized spacial score (nSPS) is 34.0. The number of halogens is 1. The molecule has 0 N–H and O–H groups in total. The van der Waals surface area contributed by atoms with Crippen LogP contribution in [0.25, 0.3) is 0 Å². The Morgan fingerprint density at radius 3 is 2.29 bits per heavy atom. The van der Waals surface area contributed by atoms with Crippen LogP contribution in [-0.2, 0) is 14.2 Å². The first-order chi connectivity index (χ1) is 10.3. The third-order valence-electron chi connectivity index (χ3n) is 4.58. The maximum atomic E-state index is 5.90. The van der Waals surface area contributed by atoms with Crippen molar-refractivity contribution in [3.8, 4) is 0 Å². The lowest BCUT2D eigenvalue weighted by Crippen LogP contribution is -2.42. The van der Waals surface area contributed by atoms with Crippen molar-refractivity contribution in [1.82, 2.24) is 0 Å². The van der Waals surface area contributed by atoms with Gasteiger partial charge < -0.3 is 14.2 Å². The number of rotatable bonds is 8. The minimum absolute atomic E-state index is 0.00871. The summed E-state index contributed by atoms with van der Waals surface area (Å²) in [5.41, 5.74) is 0. The number of unbranched alkanes of at least 4 members (excludes halogenated alkanes) is 4. The topological polar surface area (TPSA) is 27.7 Å². The minimum atomic E-state index is 0.00871. The Bertz CT molecular complexity index is 259. The maximum Gasteiger partial charge on any atom is 0.160 e. The summed E-state index contributed by atoms with van der Waals surface area (Å²) in [6.45, 7) is 4.50. The van der Waals surface area contributed by atoms with E-state index in [0.29, 0.717) is 24.0 Å². The molecule has 1 saturated heterocycles. The lowest BCUT2D eigenvalue weighted by Gasteiger charge is -2.36. The van der Waals surface area contributed by atoms with Gasteiger partial charge in [-0.25, -0.2) is 0 Å². The van der Waals surface area contributed by atoms with Gasteiger partial charge in [0.25, 0.3) is 0 Å². The zero-order valence-electron chi connectivity index (χ0n) is 13.4. The predicted molar refractivity (Wildman–Crippen MR) is 88.9 cm³/mol. The molecule has 2 fully saturated rings. The van der Waals surface area contributed by atoms with Gasteiger partial charge in [0.2, 0.25) is 0 Å². The van der Waals surface area contributed by atoms with E-state index in [1.807, 2.05) is 0 Å².